The number of hydrogen-bond donors (Lipinski definition) is 0. The maximum Gasteiger partial charge on any atom is 0.433 e. The third-order valence-electron chi connectivity index (χ3n) is 3.06. The first-order chi connectivity index (χ1) is 11.0. The standard InChI is InChI=1S/C13H6F3N5S2/c14-13(15,16)9-3-4-21-7(6-17-12(21)18-9)11-19-10(20-23-11)8-2-1-5-22-8/h1-6H. The number of hydrogen-bond acceptors (Lipinski definition) is 6. The summed E-state index contributed by atoms with van der Waals surface area (Å²) in [5.41, 5.74) is -0.416. The van der Waals surface area contributed by atoms with Gasteiger partial charge in [0.25, 0.3) is 0 Å². The molecule has 4 aromatic rings. The summed E-state index contributed by atoms with van der Waals surface area (Å²) in [4.78, 5) is 12.8. The molecule has 0 bridgehead atoms. The Balaban J connectivity index is 1.78. The molecule has 0 aliphatic heterocycles. The maximum atomic E-state index is 12.7. The van der Waals surface area contributed by atoms with Gasteiger partial charge in [-0.3, -0.25) is 4.40 Å². The monoisotopic (exact) mass is 353 g/mol. The first kappa shape index (κ1) is 14.3. The van der Waals surface area contributed by atoms with Crippen LogP contribution in [0.4, 0.5) is 13.2 Å². The largest absolute Gasteiger partial charge is 0.433 e. The number of nitrogens with zero attached hydrogens (tertiary/aromatic N) is 5. The Labute approximate surface area is 135 Å². The third kappa shape index (κ3) is 2.49. The van der Waals surface area contributed by atoms with Gasteiger partial charge in [-0.15, -0.1) is 11.3 Å². The lowest BCUT2D eigenvalue weighted by atomic mass is 10.4. The maximum absolute atomic E-state index is 12.7. The van der Waals surface area contributed by atoms with Gasteiger partial charge in [0.05, 0.1) is 11.1 Å². The first-order valence-electron chi connectivity index (χ1n) is 6.31. The van der Waals surface area contributed by atoms with E-state index >= 15 is 0 Å². The molecule has 0 saturated heterocycles. The zero-order valence-electron chi connectivity index (χ0n) is 11.2. The van der Waals surface area contributed by atoms with Crippen LogP contribution in [0.5, 0.6) is 0 Å². The smallest absolute Gasteiger partial charge is 0.281 e. The molecular formula is C13H6F3N5S2. The minimum atomic E-state index is -4.50. The van der Waals surface area contributed by atoms with Crippen molar-refractivity contribution in [2.45, 2.75) is 6.18 Å². The Morgan fingerprint density at radius 3 is 2.74 bits per heavy atom. The second-order valence-electron chi connectivity index (χ2n) is 4.52. The molecule has 0 aliphatic rings. The highest BCUT2D eigenvalue weighted by Gasteiger charge is 2.33. The lowest BCUT2D eigenvalue weighted by Gasteiger charge is -2.05. The van der Waals surface area contributed by atoms with Crippen molar-refractivity contribution in [3.63, 3.8) is 0 Å². The van der Waals surface area contributed by atoms with Crippen LogP contribution in [0.1, 0.15) is 5.69 Å². The van der Waals surface area contributed by atoms with Gasteiger partial charge < -0.3 is 0 Å². The van der Waals surface area contributed by atoms with Crippen molar-refractivity contribution >= 4 is 28.6 Å². The number of thiophene rings is 1. The number of imidazole rings is 1. The molecule has 5 nitrogen and oxygen atoms in total. The second kappa shape index (κ2) is 5.10. The van der Waals surface area contributed by atoms with Crippen LogP contribution in [0.25, 0.3) is 27.2 Å². The molecule has 0 atom stereocenters. The SMILES string of the molecule is FC(F)(F)c1ccn2c(-c3nc(-c4cccs4)ns3)cnc2n1. The van der Waals surface area contributed by atoms with Crippen molar-refractivity contribution in [1.29, 1.82) is 0 Å². The van der Waals surface area contributed by atoms with Crippen molar-refractivity contribution in [3.8, 4) is 21.4 Å². The zero-order chi connectivity index (χ0) is 16.0. The number of rotatable bonds is 2. The molecule has 0 spiro atoms. The van der Waals surface area contributed by atoms with E-state index in [9.17, 15) is 13.2 Å². The molecule has 10 heteroatoms. The van der Waals surface area contributed by atoms with Crippen molar-refractivity contribution < 1.29 is 13.2 Å². The highest BCUT2D eigenvalue weighted by molar-refractivity contribution is 7.14. The van der Waals surface area contributed by atoms with Crippen LogP contribution in [0.15, 0.2) is 36.0 Å². The molecule has 0 aromatic carbocycles. The molecule has 4 aromatic heterocycles. The molecule has 0 amide bonds. The number of fused-ring (bicyclic) bond motifs is 1. The van der Waals surface area contributed by atoms with Crippen LogP contribution >= 0.6 is 22.9 Å². The molecule has 4 rings (SSSR count). The van der Waals surface area contributed by atoms with Crippen LogP contribution in [-0.2, 0) is 6.18 Å². The first-order valence-corrected chi connectivity index (χ1v) is 7.97. The molecule has 0 unspecified atom stereocenters. The Morgan fingerprint density at radius 1 is 1.13 bits per heavy atom. The summed E-state index contributed by atoms with van der Waals surface area (Å²) < 4.78 is 43.8. The summed E-state index contributed by atoms with van der Waals surface area (Å²) in [6, 6.07) is 4.72. The van der Waals surface area contributed by atoms with Gasteiger partial charge in [-0.1, -0.05) is 6.07 Å². The Hall–Kier alpha value is -2.33. The molecule has 0 radical (unpaired) electrons. The van der Waals surface area contributed by atoms with E-state index < -0.39 is 11.9 Å². The van der Waals surface area contributed by atoms with Gasteiger partial charge in [0.2, 0.25) is 5.78 Å². The van der Waals surface area contributed by atoms with Crippen molar-refractivity contribution in [2.24, 2.45) is 0 Å². The lowest BCUT2D eigenvalue weighted by molar-refractivity contribution is -0.141. The van der Waals surface area contributed by atoms with Crippen LogP contribution < -0.4 is 0 Å². The fourth-order valence-corrected chi connectivity index (χ4v) is 3.42. The van der Waals surface area contributed by atoms with E-state index in [1.807, 2.05) is 17.5 Å². The normalized spacial score (nSPS) is 12.1. The van der Waals surface area contributed by atoms with E-state index in [-0.39, 0.29) is 5.78 Å². The predicted molar refractivity (Wildman–Crippen MR) is 80.2 cm³/mol. The summed E-state index contributed by atoms with van der Waals surface area (Å²) in [5, 5.41) is 2.50. The van der Waals surface area contributed by atoms with E-state index in [0.29, 0.717) is 16.5 Å². The third-order valence-corrected chi connectivity index (χ3v) is 4.66. The summed E-state index contributed by atoms with van der Waals surface area (Å²) in [6.45, 7) is 0. The molecule has 0 N–H and O–H groups in total. The van der Waals surface area contributed by atoms with Gasteiger partial charge in [0, 0.05) is 6.20 Å². The molecule has 0 aliphatic carbocycles. The van der Waals surface area contributed by atoms with Gasteiger partial charge in [-0.25, -0.2) is 15.0 Å². The van der Waals surface area contributed by atoms with E-state index in [0.717, 1.165) is 22.5 Å². The van der Waals surface area contributed by atoms with Gasteiger partial charge in [0.15, 0.2) is 10.8 Å². The number of aromatic nitrogens is 5. The molecule has 0 fully saturated rings. The van der Waals surface area contributed by atoms with Crippen LogP contribution in [0.3, 0.4) is 0 Å². The zero-order valence-corrected chi connectivity index (χ0v) is 12.8. The Morgan fingerprint density at radius 2 is 2.00 bits per heavy atom. The van der Waals surface area contributed by atoms with E-state index in [4.69, 9.17) is 0 Å². The Bertz CT molecular complexity index is 971. The van der Waals surface area contributed by atoms with Gasteiger partial charge in [0.1, 0.15) is 11.4 Å². The second-order valence-corrected chi connectivity index (χ2v) is 6.22. The fourth-order valence-electron chi connectivity index (χ4n) is 2.02. The summed E-state index contributed by atoms with van der Waals surface area (Å²) >= 11 is 2.68. The average molecular weight is 353 g/mol. The van der Waals surface area contributed by atoms with Crippen molar-refractivity contribution in [2.75, 3.05) is 0 Å². The minimum Gasteiger partial charge on any atom is -0.281 e. The summed E-state index contributed by atoms with van der Waals surface area (Å²) in [7, 11) is 0. The quantitative estimate of drug-likeness (QED) is 0.547. The van der Waals surface area contributed by atoms with E-state index in [2.05, 4.69) is 19.3 Å². The predicted octanol–water partition coefficient (Wildman–Crippen LogP) is 4.00. The summed E-state index contributed by atoms with van der Waals surface area (Å²) in [5.74, 6) is 0.567. The fraction of sp³-hybridized carbons (Fsp3) is 0.0769. The van der Waals surface area contributed by atoms with Gasteiger partial charge in [-0.05, 0) is 29.0 Å². The average Bonchev–Trinajstić information content (AvgIpc) is 3.24. The molecule has 0 saturated carbocycles. The molecular weight excluding hydrogens is 347 g/mol. The van der Waals surface area contributed by atoms with E-state index in [1.165, 1.54) is 28.1 Å². The molecule has 4 heterocycles. The highest BCUT2D eigenvalue weighted by Crippen LogP contribution is 2.30. The Kier molecular flexibility index (Phi) is 3.16. The van der Waals surface area contributed by atoms with Crippen LogP contribution in [-0.4, -0.2) is 23.7 Å². The number of halogens is 3. The van der Waals surface area contributed by atoms with Crippen molar-refractivity contribution in [3.05, 3.63) is 41.7 Å². The topological polar surface area (TPSA) is 56.0 Å². The van der Waals surface area contributed by atoms with Gasteiger partial charge >= 0.3 is 6.18 Å². The number of alkyl halides is 3. The lowest BCUT2D eigenvalue weighted by Crippen LogP contribution is -2.09. The van der Waals surface area contributed by atoms with Gasteiger partial charge in [-0.2, -0.15) is 17.5 Å². The minimum absolute atomic E-state index is 0.0253. The highest BCUT2D eigenvalue weighted by atomic mass is 32.1. The van der Waals surface area contributed by atoms with Crippen LogP contribution in [0, 0.1) is 0 Å². The van der Waals surface area contributed by atoms with Crippen molar-refractivity contribution in [1.82, 2.24) is 23.7 Å². The summed E-state index contributed by atoms with van der Waals surface area (Å²) in [6.07, 6.45) is -1.76. The molecule has 23 heavy (non-hydrogen) atoms. The van der Waals surface area contributed by atoms with Crippen LogP contribution in [0.2, 0.25) is 0 Å². The molecule has 116 valence electrons. The van der Waals surface area contributed by atoms with E-state index in [1.54, 1.807) is 0 Å².